The third-order valence-electron chi connectivity index (χ3n) is 5.60. The van der Waals surface area contributed by atoms with Crippen LogP contribution in [0.5, 0.6) is 0 Å². The van der Waals surface area contributed by atoms with Crippen molar-refractivity contribution in [1.82, 2.24) is 0 Å². The Balaban J connectivity index is 1.55. The van der Waals surface area contributed by atoms with Gasteiger partial charge in [-0.3, -0.25) is 4.79 Å². The minimum absolute atomic E-state index is 0.0357. The van der Waals surface area contributed by atoms with Crippen LogP contribution in [0.25, 0.3) is 0 Å². The summed E-state index contributed by atoms with van der Waals surface area (Å²) >= 11 is 0. The molecule has 0 bridgehead atoms. The maximum atomic E-state index is 13.2. The summed E-state index contributed by atoms with van der Waals surface area (Å²) in [4.78, 5) is 24.7. The number of rotatable bonds is 8. The lowest BCUT2D eigenvalue weighted by molar-refractivity contribution is 0.0698. The summed E-state index contributed by atoms with van der Waals surface area (Å²) in [5.74, 6) is 4.81. The topological polar surface area (TPSA) is 78.4 Å². The molecule has 0 aromatic heterocycles. The second-order valence-electron chi connectivity index (χ2n) is 8.20. The van der Waals surface area contributed by atoms with Gasteiger partial charge < -0.3 is 15.7 Å². The second-order valence-corrected chi connectivity index (χ2v) is 8.20. The number of amides is 1. The molecule has 0 unspecified atom stereocenters. The number of para-hydroxylation sites is 1. The van der Waals surface area contributed by atoms with Crippen LogP contribution >= 0.6 is 0 Å². The van der Waals surface area contributed by atoms with Crippen LogP contribution in [0.1, 0.15) is 43.8 Å². The molecule has 4 aromatic rings. The smallest absolute Gasteiger partial charge is 0.337 e. The van der Waals surface area contributed by atoms with E-state index in [1.54, 1.807) is 30.3 Å². The van der Waals surface area contributed by atoms with E-state index in [0.29, 0.717) is 17.8 Å². The zero-order valence-electron chi connectivity index (χ0n) is 19.7. The third kappa shape index (κ3) is 6.62. The maximum absolute atomic E-state index is 13.2. The number of carboxylic acids is 1. The number of aromatic carboxylic acids is 1. The zero-order chi connectivity index (χ0) is 25.2. The number of carboxylic acid groups (broad SMARTS) is 1. The van der Waals surface area contributed by atoms with Crippen molar-refractivity contribution in [2.24, 2.45) is 0 Å². The van der Waals surface area contributed by atoms with E-state index in [9.17, 15) is 14.7 Å². The Labute approximate surface area is 210 Å². The van der Waals surface area contributed by atoms with Gasteiger partial charge >= 0.3 is 5.97 Å². The highest BCUT2D eigenvalue weighted by atomic mass is 16.4. The number of carbonyl (C=O) groups is 2. The first-order valence-electron chi connectivity index (χ1n) is 11.7. The van der Waals surface area contributed by atoms with Gasteiger partial charge in [-0.1, -0.05) is 72.5 Å². The summed E-state index contributed by atoms with van der Waals surface area (Å²) < 4.78 is 0. The summed E-state index contributed by atoms with van der Waals surface area (Å²) in [6.45, 7) is 0.663. The molecule has 0 radical (unpaired) electrons. The number of carbonyl (C=O) groups excluding carboxylic acids is 1. The first-order chi connectivity index (χ1) is 17.6. The Morgan fingerprint density at radius 3 is 2.11 bits per heavy atom. The van der Waals surface area contributed by atoms with E-state index in [4.69, 9.17) is 0 Å². The summed E-state index contributed by atoms with van der Waals surface area (Å²) in [7, 11) is 0. The van der Waals surface area contributed by atoms with Gasteiger partial charge in [0, 0.05) is 23.4 Å². The van der Waals surface area contributed by atoms with Crippen molar-refractivity contribution in [2.45, 2.75) is 12.8 Å². The second kappa shape index (κ2) is 12.0. The fourth-order valence-electron chi connectivity index (χ4n) is 3.76. The van der Waals surface area contributed by atoms with Crippen LogP contribution < -0.4 is 10.6 Å². The standard InChI is InChI=1S/C31H26N2O3/c34-30(33-28-16-8-7-15-27(28)31(35)36)26-20-19-25(18-17-24-12-5-2-6-13-24)22-29(26)32-21-9-14-23-10-3-1-4-11-23/h1-8,10-13,15-16,19-20,22,32H,9,14,21H2,(H,33,34)(H,35,36). The molecule has 178 valence electrons. The predicted molar refractivity (Wildman–Crippen MR) is 143 cm³/mol. The average Bonchev–Trinajstić information content (AvgIpc) is 2.91. The Hall–Kier alpha value is -4.82. The summed E-state index contributed by atoms with van der Waals surface area (Å²) in [5.41, 5.74) is 4.28. The molecule has 0 atom stereocenters. The molecule has 0 heterocycles. The normalized spacial score (nSPS) is 10.1. The molecule has 5 nitrogen and oxygen atoms in total. The summed E-state index contributed by atoms with van der Waals surface area (Å²) in [6, 6.07) is 31.7. The van der Waals surface area contributed by atoms with Crippen molar-refractivity contribution in [3.8, 4) is 11.8 Å². The Morgan fingerprint density at radius 2 is 1.36 bits per heavy atom. The van der Waals surface area contributed by atoms with Crippen molar-refractivity contribution in [3.63, 3.8) is 0 Å². The molecule has 0 aliphatic heterocycles. The van der Waals surface area contributed by atoms with Gasteiger partial charge in [-0.05, 0) is 60.9 Å². The van der Waals surface area contributed by atoms with Crippen molar-refractivity contribution < 1.29 is 14.7 Å². The van der Waals surface area contributed by atoms with E-state index >= 15 is 0 Å². The number of anilines is 2. The van der Waals surface area contributed by atoms with E-state index in [2.05, 4.69) is 34.6 Å². The van der Waals surface area contributed by atoms with Crippen LogP contribution in [-0.2, 0) is 6.42 Å². The third-order valence-corrected chi connectivity index (χ3v) is 5.60. The van der Waals surface area contributed by atoms with Gasteiger partial charge in [0.2, 0.25) is 0 Å². The monoisotopic (exact) mass is 474 g/mol. The molecule has 5 heteroatoms. The first kappa shape index (κ1) is 24.3. The van der Waals surface area contributed by atoms with Crippen LogP contribution in [0, 0.1) is 11.8 Å². The minimum Gasteiger partial charge on any atom is -0.478 e. The largest absolute Gasteiger partial charge is 0.478 e. The van der Waals surface area contributed by atoms with Crippen molar-refractivity contribution >= 4 is 23.3 Å². The molecule has 0 saturated heterocycles. The van der Waals surface area contributed by atoms with Gasteiger partial charge in [-0.15, -0.1) is 0 Å². The molecule has 3 N–H and O–H groups in total. The van der Waals surface area contributed by atoms with Gasteiger partial charge in [0.05, 0.1) is 16.8 Å². The Bertz CT molecular complexity index is 1400. The number of aryl methyl sites for hydroxylation is 1. The van der Waals surface area contributed by atoms with E-state index < -0.39 is 11.9 Å². The average molecular weight is 475 g/mol. The Kier molecular flexibility index (Phi) is 8.14. The molecule has 0 fully saturated rings. The molecule has 36 heavy (non-hydrogen) atoms. The van der Waals surface area contributed by atoms with Crippen molar-refractivity contribution in [1.29, 1.82) is 0 Å². The summed E-state index contributed by atoms with van der Waals surface area (Å²) in [6.07, 6.45) is 1.79. The Morgan fingerprint density at radius 1 is 0.694 bits per heavy atom. The molecular formula is C31H26N2O3. The number of benzene rings is 4. The zero-order valence-corrected chi connectivity index (χ0v) is 19.7. The molecule has 1 amide bonds. The van der Waals surface area contributed by atoms with Crippen molar-refractivity contribution in [3.05, 3.63) is 131 Å². The molecule has 0 aliphatic rings. The number of nitrogens with one attached hydrogen (secondary N) is 2. The van der Waals surface area contributed by atoms with Gasteiger partial charge in [0.25, 0.3) is 5.91 Å². The maximum Gasteiger partial charge on any atom is 0.337 e. The first-order valence-corrected chi connectivity index (χ1v) is 11.7. The number of hydrogen-bond acceptors (Lipinski definition) is 3. The highest BCUT2D eigenvalue weighted by Crippen LogP contribution is 2.22. The molecule has 0 aliphatic carbocycles. The van der Waals surface area contributed by atoms with E-state index in [1.165, 1.54) is 11.6 Å². The van der Waals surface area contributed by atoms with Crippen LogP contribution in [0.2, 0.25) is 0 Å². The molecule has 4 rings (SSSR count). The van der Waals surface area contributed by atoms with Crippen LogP contribution in [0.15, 0.2) is 103 Å². The van der Waals surface area contributed by atoms with Crippen LogP contribution in [0.3, 0.4) is 0 Å². The van der Waals surface area contributed by atoms with Crippen LogP contribution in [0.4, 0.5) is 11.4 Å². The van der Waals surface area contributed by atoms with Gasteiger partial charge in [0.1, 0.15) is 0 Å². The van der Waals surface area contributed by atoms with Crippen LogP contribution in [-0.4, -0.2) is 23.5 Å². The molecule has 0 saturated carbocycles. The summed E-state index contributed by atoms with van der Waals surface area (Å²) in [5, 5.41) is 15.6. The van der Waals surface area contributed by atoms with Gasteiger partial charge in [-0.2, -0.15) is 0 Å². The highest BCUT2D eigenvalue weighted by Gasteiger charge is 2.16. The van der Waals surface area contributed by atoms with Gasteiger partial charge in [-0.25, -0.2) is 4.79 Å². The quantitative estimate of drug-likeness (QED) is 0.214. The predicted octanol–water partition coefficient (Wildman–Crippen LogP) is 6.08. The minimum atomic E-state index is -1.10. The highest BCUT2D eigenvalue weighted by molar-refractivity contribution is 6.10. The molecular weight excluding hydrogens is 448 g/mol. The fraction of sp³-hybridized carbons (Fsp3) is 0.0968. The van der Waals surface area contributed by atoms with Gasteiger partial charge in [0.15, 0.2) is 0 Å². The van der Waals surface area contributed by atoms with E-state index in [-0.39, 0.29) is 11.3 Å². The molecule has 0 spiro atoms. The SMILES string of the molecule is O=C(O)c1ccccc1NC(=O)c1ccc(C#Cc2ccccc2)cc1NCCCc1ccccc1. The van der Waals surface area contributed by atoms with Crippen molar-refractivity contribution in [2.75, 3.05) is 17.2 Å². The fourth-order valence-corrected chi connectivity index (χ4v) is 3.76. The van der Waals surface area contributed by atoms with E-state index in [1.807, 2.05) is 54.6 Å². The lowest BCUT2D eigenvalue weighted by Gasteiger charge is -2.14. The van der Waals surface area contributed by atoms with E-state index in [0.717, 1.165) is 24.0 Å². The number of hydrogen-bond donors (Lipinski definition) is 3. The molecule has 4 aromatic carbocycles. The lowest BCUT2D eigenvalue weighted by Crippen LogP contribution is -2.17. The lowest BCUT2D eigenvalue weighted by atomic mass is 10.1.